The lowest BCUT2D eigenvalue weighted by Gasteiger charge is -2.09. The summed E-state index contributed by atoms with van der Waals surface area (Å²) in [6, 6.07) is 4.62. The number of nitrogens with zero attached hydrogens (tertiary/aromatic N) is 2. The lowest BCUT2D eigenvalue weighted by molar-refractivity contribution is -0.137. The maximum absolute atomic E-state index is 12.7. The van der Waals surface area contributed by atoms with Crippen molar-refractivity contribution >= 4 is 40.2 Å². The fourth-order valence-electron chi connectivity index (χ4n) is 3.13. The van der Waals surface area contributed by atoms with Gasteiger partial charge in [0.05, 0.1) is 28.3 Å². The van der Waals surface area contributed by atoms with Crippen molar-refractivity contribution in [3.63, 3.8) is 0 Å². The molecule has 1 aliphatic carbocycles. The van der Waals surface area contributed by atoms with Gasteiger partial charge in [0.15, 0.2) is 5.17 Å². The van der Waals surface area contributed by atoms with Gasteiger partial charge in [-0.15, -0.1) is 11.3 Å². The smallest absolute Gasteiger partial charge is 0.391 e. The van der Waals surface area contributed by atoms with Crippen molar-refractivity contribution < 1.29 is 23.1 Å². The average Bonchev–Trinajstić information content (AvgIpc) is 3.38. The minimum absolute atomic E-state index is 0.192. The number of hydrogen-bond acceptors (Lipinski definition) is 6. The van der Waals surface area contributed by atoms with Crippen LogP contribution in [-0.2, 0) is 11.0 Å². The number of aliphatic imine (C=N–C) groups is 1. The maximum Gasteiger partial charge on any atom is 0.416 e. The van der Waals surface area contributed by atoms with Gasteiger partial charge in [-0.25, -0.2) is 4.98 Å². The highest BCUT2D eigenvalue weighted by Crippen LogP contribution is 2.33. The maximum atomic E-state index is 12.7. The Labute approximate surface area is 172 Å². The molecule has 2 atom stereocenters. The fraction of sp³-hybridized carbons (Fsp3) is 0.316. The molecule has 0 radical (unpaired) electrons. The van der Waals surface area contributed by atoms with E-state index in [9.17, 15) is 23.1 Å². The quantitative estimate of drug-likeness (QED) is 0.700. The van der Waals surface area contributed by atoms with Crippen molar-refractivity contribution in [2.24, 2.45) is 4.99 Å². The van der Waals surface area contributed by atoms with Crippen LogP contribution in [0.2, 0.25) is 0 Å². The second kappa shape index (κ2) is 7.92. The van der Waals surface area contributed by atoms with Crippen LogP contribution in [0.4, 0.5) is 13.2 Å². The Kier molecular flexibility index (Phi) is 5.50. The van der Waals surface area contributed by atoms with E-state index in [2.05, 4.69) is 15.3 Å². The van der Waals surface area contributed by atoms with Crippen LogP contribution >= 0.6 is 23.1 Å². The zero-order valence-corrected chi connectivity index (χ0v) is 16.6. The van der Waals surface area contributed by atoms with Crippen molar-refractivity contribution in [3.8, 4) is 10.6 Å². The monoisotopic (exact) mass is 439 g/mol. The summed E-state index contributed by atoms with van der Waals surface area (Å²) in [5.41, 5.74) is 0.414. The summed E-state index contributed by atoms with van der Waals surface area (Å²) < 4.78 is 38.1. The number of hydrogen-bond donors (Lipinski definition) is 2. The number of aliphatic hydroxyl groups excluding tert-OH is 1. The topological polar surface area (TPSA) is 74.6 Å². The number of amidine groups is 1. The molecule has 152 valence electrons. The largest absolute Gasteiger partial charge is 0.416 e. The van der Waals surface area contributed by atoms with Crippen molar-refractivity contribution in [1.82, 2.24) is 10.3 Å². The molecule has 2 aliphatic rings. The molecule has 1 aliphatic heterocycles. The molecule has 2 heterocycles. The van der Waals surface area contributed by atoms with Crippen LogP contribution < -0.4 is 5.32 Å². The molecule has 1 saturated heterocycles. The van der Waals surface area contributed by atoms with Crippen LogP contribution in [0.1, 0.15) is 30.5 Å². The molecule has 2 aromatic rings. The molecule has 5 nitrogen and oxygen atoms in total. The summed E-state index contributed by atoms with van der Waals surface area (Å²) >= 11 is 2.48. The molecule has 1 amide bonds. The number of thiazole rings is 1. The number of thioether (sulfide) groups is 1. The first-order valence-corrected chi connectivity index (χ1v) is 10.6. The SMILES string of the molecule is O=C1NC(=N[C@@H]2CCC[C@@H]2O)SC1=Cc1csc(-c2ccc(C(F)(F)F)cc2)n1. The molecule has 0 unspecified atom stereocenters. The molecule has 1 aromatic carbocycles. The molecule has 1 saturated carbocycles. The number of halogens is 3. The number of benzene rings is 1. The third kappa shape index (κ3) is 4.54. The van der Waals surface area contributed by atoms with E-state index in [0.717, 1.165) is 25.0 Å². The Balaban J connectivity index is 1.49. The fourth-order valence-corrected chi connectivity index (χ4v) is 4.78. The number of amides is 1. The number of carbonyl (C=O) groups excluding carboxylic acids is 1. The zero-order valence-electron chi connectivity index (χ0n) is 14.9. The Bertz CT molecular complexity index is 983. The Morgan fingerprint density at radius 3 is 2.66 bits per heavy atom. The number of nitrogens with one attached hydrogen (secondary N) is 1. The summed E-state index contributed by atoms with van der Waals surface area (Å²) in [4.78, 5) is 21.4. The molecule has 0 spiro atoms. The summed E-state index contributed by atoms with van der Waals surface area (Å²) in [5.74, 6) is -0.287. The Hall–Kier alpha value is -2.17. The van der Waals surface area contributed by atoms with Gasteiger partial charge >= 0.3 is 6.18 Å². The van der Waals surface area contributed by atoms with Gasteiger partial charge in [0.2, 0.25) is 0 Å². The van der Waals surface area contributed by atoms with Gasteiger partial charge < -0.3 is 10.4 Å². The lowest BCUT2D eigenvalue weighted by atomic mass is 10.1. The number of aromatic nitrogens is 1. The molecule has 0 bridgehead atoms. The zero-order chi connectivity index (χ0) is 20.6. The average molecular weight is 439 g/mol. The molecule has 2 N–H and O–H groups in total. The number of aliphatic hydroxyl groups is 1. The van der Waals surface area contributed by atoms with Gasteiger partial charge in [-0.2, -0.15) is 13.2 Å². The van der Waals surface area contributed by atoms with Gasteiger partial charge in [0.1, 0.15) is 5.01 Å². The first-order chi connectivity index (χ1) is 13.8. The van der Waals surface area contributed by atoms with Crippen LogP contribution in [0.3, 0.4) is 0 Å². The minimum Gasteiger partial charge on any atom is -0.391 e. The predicted octanol–water partition coefficient (Wildman–Crippen LogP) is 4.30. The molecular formula is C19H16F3N3O2S2. The third-order valence-electron chi connectivity index (χ3n) is 4.64. The van der Waals surface area contributed by atoms with E-state index in [4.69, 9.17) is 0 Å². The van der Waals surface area contributed by atoms with E-state index in [1.54, 1.807) is 11.5 Å². The molecule has 10 heteroatoms. The Morgan fingerprint density at radius 1 is 1.24 bits per heavy atom. The summed E-state index contributed by atoms with van der Waals surface area (Å²) in [6.45, 7) is 0. The van der Waals surface area contributed by atoms with Crippen LogP contribution in [0.15, 0.2) is 39.5 Å². The number of rotatable bonds is 3. The van der Waals surface area contributed by atoms with Crippen LogP contribution in [0.25, 0.3) is 16.6 Å². The standard InChI is InChI=1S/C19H16F3N3O2S2/c20-19(21,22)11-6-4-10(5-7-11)17-23-12(9-28-17)8-15-16(27)25-18(29-15)24-13-2-1-3-14(13)26/h4-9,13-14,26H,1-3H2,(H,24,25,27)/t13-,14+/m1/s1. The molecule has 29 heavy (non-hydrogen) atoms. The Morgan fingerprint density at radius 2 is 2.00 bits per heavy atom. The molecule has 1 aromatic heterocycles. The highest BCUT2D eigenvalue weighted by Gasteiger charge is 2.31. The summed E-state index contributed by atoms with van der Waals surface area (Å²) in [6.07, 6.45) is -0.806. The number of alkyl halides is 3. The van der Waals surface area contributed by atoms with Crippen LogP contribution in [0.5, 0.6) is 0 Å². The second-order valence-electron chi connectivity index (χ2n) is 6.72. The molecule has 4 rings (SSSR count). The normalized spacial score (nSPS) is 25.2. The van der Waals surface area contributed by atoms with Gasteiger partial charge in [0.25, 0.3) is 5.91 Å². The van der Waals surface area contributed by atoms with E-state index < -0.39 is 17.8 Å². The van der Waals surface area contributed by atoms with E-state index in [1.165, 1.54) is 35.2 Å². The van der Waals surface area contributed by atoms with Gasteiger partial charge in [-0.3, -0.25) is 9.79 Å². The van der Waals surface area contributed by atoms with E-state index in [1.807, 2.05) is 0 Å². The van der Waals surface area contributed by atoms with E-state index in [0.29, 0.717) is 32.8 Å². The van der Waals surface area contributed by atoms with E-state index in [-0.39, 0.29) is 11.9 Å². The van der Waals surface area contributed by atoms with Crippen molar-refractivity contribution in [2.45, 2.75) is 37.6 Å². The predicted molar refractivity (Wildman–Crippen MR) is 107 cm³/mol. The van der Waals surface area contributed by atoms with Gasteiger partial charge in [0, 0.05) is 10.9 Å². The lowest BCUT2D eigenvalue weighted by Crippen LogP contribution is -2.24. The van der Waals surface area contributed by atoms with E-state index >= 15 is 0 Å². The van der Waals surface area contributed by atoms with Gasteiger partial charge in [-0.05, 0) is 49.2 Å². The minimum atomic E-state index is -4.38. The highest BCUT2D eigenvalue weighted by atomic mass is 32.2. The van der Waals surface area contributed by atoms with Crippen LogP contribution in [0, 0.1) is 0 Å². The highest BCUT2D eigenvalue weighted by molar-refractivity contribution is 8.18. The molecule has 2 fully saturated rings. The van der Waals surface area contributed by atoms with Crippen molar-refractivity contribution in [1.29, 1.82) is 0 Å². The first-order valence-electron chi connectivity index (χ1n) is 8.89. The second-order valence-corrected chi connectivity index (χ2v) is 8.61. The van der Waals surface area contributed by atoms with Gasteiger partial charge in [-0.1, -0.05) is 12.1 Å². The van der Waals surface area contributed by atoms with Crippen molar-refractivity contribution in [2.75, 3.05) is 0 Å². The third-order valence-corrected chi connectivity index (χ3v) is 6.47. The summed E-state index contributed by atoms with van der Waals surface area (Å²) in [5, 5.41) is 15.3. The first kappa shape index (κ1) is 20.1. The van der Waals surface area contributed by atoms with Crippen LogP contribution in [-0.4, -0.2) is 33.3 Å². The van der Waals surface area contributed by atoms with Crippen molar-refractivity contribution in [3.05, 3.63) is 45.8 Å². The number of carbonyl (C=O) groups is 1. The molecular weight excluding hydrogens is 423 g/mol. The summed E-state index contributed by atoms with van der Waals surface area (Å²) in [7, 11) is 0.